The molecule has 0 bridgehead atoms. The standard InChI is InChI=1S/C22H34BN3O4/c1-20(2,3)28-19(27)25(8)13-10-14-26-15-24-17-12-9-11-16(18(17)26)23-29-21(4,5)22(6,7)30-23/h9,11-12,15H,10,13-14H2,1-8H3. The van der Waals surface area contributed by atoms with Crippen LogP contribution in [0.2, 0.25) is 0 Å². The van der Waals surface area contributed by atoms with E-state index in [9.17, 15) is 4.79 Å². The number of rotatable bonds is 5. The van der Waals surface area contributed by atoms with Gasteiger partial charge in [0.25, 0.3) is 0 Å². The van der Waals surface area contributed by atoms with Crippen molar-refractivity contribution in [2.75, 3.05) is 13.6 Å². The number of amides is 1. The molecule has 8 heteroatoms. The average Bonchev–Trinajstić information content (AvgIpc) is 3.11. The van der Waals surface area contributed by atoms with E-state index in [0.29, 0.717) is 6.54 Å². The van der Waals surface area contributed by atoms with Crippen LogP contribution in [-0.2, 0) is 20.6 Å². The van der Waals surface area contributed by atoms with Crippen molar-refractivity contribution in [3.8, 4) is 0 Å². The van der Waals surface area contributed by atoms with Crippen LogP contribution in [0.3, 0.4) is 0 Å². The van der Waals surface area contributed by atoms with Crippen molar-refractivity contribution in [3.05, 3.63) is 24.5 Å². The molecule has 1 aromatic heterocycles. The van der Waals surface area contributed by atoms with Gasteiger partial charge in [-0.1, -0.05) is 12.1 Å². The first-order valence-electron chi connectivity index (χ1n) is 10.5. The summed E-state index contributed by atoms with van der Waals surface area (Å²) in [6.45, 7) is 15.1. The number of para-hydroxylation sites is 1. The number of aryl methyl sites for hydroxylation is 1. The van der Waals surface area contributed by atoms with Crippen molar-refractivity contribution in [1.82, 2.24) is 14.5 Å². The van der Waals surface area contributed by atoms with Gasteiger partial charge in [0.1, 0.15) is 5.60 Å². The maximum Gasteiger partial charge on any atom is 0.497 e. The Bertz CT molecular complexity index is 901. The maximum absolute atomic E-state index is 12.2. The molecule has 0 spiro atoms. The Morgan fingerprint density at radius 3 is 2.43 bits per heavy atom. The number of hydrogen-bond acceptors (Lipinski definition) is 5. The lowest BCUT2D eigenvalue weighted by molar-refractivity contribution is 0.00578. The molecule has 1 amide bonds. The maximum atomic E-state index is 12.2. The van der Waals surface area contributed by atoms with Crippen LogP contribution in [0, 0.1) is 0 Å². The molecule has 0 saturated carbocycles. The van der Waals surface area contributed by atoms with Gasteiger partial charge in [-0.3, -0.25) is 0 Å². The second kappa shape index (κ2) is 7.89. The highest BCUT2D eigenvalue weighted by Gasteiger charge is 2.52. The number of aromatic nitrogens is 2. The quantitative estimate of drug-likeness (QED) is 0.699. The number of hydrogen-bond donors (Lipinski definition) is 0. The summed E-state index contributed by atoms with van der Waals surface area (Å²) in [6.07, 6.45) is 2.31. The molecule has 2 aromatic rings. The molecule has 1 aromatic carbocycles. The van der Waals surface area contributed by atoms with Crippen LogP contribution in [-0.4, -0.2) is 58.1 Å². The summed E-state index contributed by atoms with van der Waals surface area (Å²) >= 11 is 0. The molecule has 164 valence electrons. The summed E-state index contributed by atoms with van der Waals surface area (Å²) in [6, 6.07) is 6.01. The molecule has 0 unspecified atom stereocenters. The topological polar surface area (TPSA) is 65.8 Å². The van der Waals surface area contributed by atoms with Crippen LogP contribution in [0.25, 0.3) is 11.0 Å². The minimum absolute atomic E-state index is 0.309. The van der Waals surface area contributed by atoms with E-state index in [4.69, 9.17) is 14.0 Å². The minimum Gasteiger partial charge on any atom is -0.444 e. The normalized spacial score (nSPS) is 18.1. The summed E-state index contributed by atoms with van der Waals surface area (Å²) in [7, 11) is 1.31. The number of carbonyl (C=O) groups is 1. The van der Waals surface area contributed by atoms with Gasteiger partial charge in [0, 0.05) is 25.6 Å². The van der Waals surface area contributed by atoms with E-state index in [1.54, 1.807) is 11.9 Å². The summed E-state index contributed by atoms with van der Waals surface area (Å²) in [4.78, 5) is 18.3. The highest BCUT2D eigenvalue weighted by molar-refractivity contribution is 6.64. The summed E-state index contributed by atoms with van der Waals surface area (Å²) in [5.74, 6) is 0. The molecule has 2 heterocycles. The number of nitrogens with zero attached hydrogens (tertiary/aromatic N) is 3. The predicted octanol–water partition coefficient (Wildman–Crippen LogP) is 3.59. The second-order valence-electron chi connectivity index (χ2n) is 10.00. The number of fused-ring (bicyclic) bond motifs is 1. The van der Waals surface area contributed by atoms with E-state index in [0.717, 1.165) is 29.5 Å². The van der Waals surface area contributed by atoms with Gasteiger partial charge in [-0.25, -0.2) is 9.78 Å². The Hall–Kier alpha value is -2.06. The zero-order chi connectivity index (χ0) is 22.3. The molecule has 0 atom stereocenters. The lowest BCUT2D eigenvalue weighted by atomic mass is 9.78. The molecular weight excluding hydrogens is 381 g/mol. The number of imidazole rings is 1. The van der Waals surface area contributed by atoms with Gasteiger partial charge < -0.3 is 23.5 Å². The van der Waals surface area contributed by atoms with Crippen molar-refractivity contribution >= 4 is 29.7 Å². The summed E-state index contributed by atoms with van der Waals surface area (Å²) in [5, 5.41) is 0. The molecule has 30 heavy (non-hydrogen) atoms. The van der Waals surface area contributed by atoms with Crippen molar-refractivity contribution in [2.45, 2.75) is 78.2 Å². The second-order valence-corrected chi connectivity index (χ2v) is 10.00. The molecule has 0 N–H and O–H groups in total. The summed E-state index contributed by atoms with van der Waals surface area (Å²) in [5.41, 5.74) is 1.59. The monoisotopic (exact) mass is 415 g/mol. The van der Waals surface area contributed by atoms with E-state index in [2.05, 4.69) is 37.2 Å². The third-order valence-corrected chi connectivity index (χ3v) is 5.77. The van der Waals surface area contributed by atoms with Crippen LogP contribution < -0.4 is 5.46 Å². The van der Waals surface area contributed by atoms with Crippen LogP contribution >= 0.6 is 0 Å². The Balaban J connectivity index is 1.73. The van der Waals surface area contributed by atoms with Gasteiger partial charge in [0.15, 0.2) is 0 Å². The molecule has 0 aliphatic carbocycles. The highest BCUT2D eigenvalue weighted by atomic mass is 16.7. The van der Waals surface area contributed by atoms with E-state index in [1.165, 1.54) is 0 Å². The molecule has 0 radical (unpaired) electrons. The van der Waals surface area contributed by atoms with Crippen LogP contribution in [0.5, 0.6) is 0 Å². The van der Waals surface area contributed by atoms with Gasteiger partial charge in [-0.15, -0.1) is 0 Å². The van der Waals surface area contributed by atoms with Crippen LogP contribution in [0.15, 0.2) is 24.5 Å². The average molecular weight is 415 g/mol. The van der Waals surface area contributed by atoms with Crippen LogP contribution in [0.1, 0.15) is 54.9 Å². The van der Waals surface area contributed by atoms with Gasteiger partial charge in [-0.05, 0) is 61.0 Å². The molecule has 1 fully saturated rings. The minimum atomic E-state index is -0.496. The van der Waals surface area contributed by atoms with Crippen molar-refractivity contribution in [1.29, 1.82) is 0 Å². The van der Waals surface area contributed by atoms with Gasteiger partial charge in [-0.2, -0.15) is 0 Å². The largest absolute Gasteiger partial charge is 0.497 e. The third kappa shape index (κ3) is 4.65. The number of benzene rings is 1. The SMILES string of the molecule is CN(CCCn1cnc2cccc(B3OC(C)(C)C(C)(C)O3)c21)C(=O)OC(C)(C)C. The molecule has 3 rings (SSSR count). The molecule has 1 saturated heterocycles. The summed E-state index contributed by atoms with van der Waals surface area (Å²) < 4.78 is 20.1. The van der Waals surface area contributed by atoms with E-state index < -0.39 is 23.9 Å². The van der Waals surface area contributed by atoms with E-state index in [-0.39, 0.29) is 6.09 Å². The van der Waals surface area contributed by atoms with Crippen molar-refractivity contribution in [3.63, 3.8) is 0 Å². The fourth-order valence-corrected chi connectivity index (χ4v) is 3.39. The first kappa shape index (κ1) is 22.6. The van der Waals surface area contributed by atoms with Crippen molar-refractivity contribution < 1.29 is 18.8 Å². The smallest absolute Gasteiger partial charge is 0.444 e. The van der Waals surface area contributed by atoms with Crippen molar-refractivity contribution in [2.24, 2.45) is 0 Å². The molecule has 7 nitrogen and oxygen atoms in total. The lowest BCUT2D eigenvalue weighted by Gasteiger charge is -2.32. The van der Waals surface area contributed by atoms with E-state index >= 15 is 0 Å². The van der Waals surface area contributed by atoms with Crippen LogP contribution in [0.4, 0.5) is 4.79 Å². The molecule has 1 aliphatic rings. The zero-order valence-corrected chi connectivity index (χ0v) is 19.5. The first-order valence-corrected chi connectivity index (χ1v) is 10.5. The lowest BCUT2D eigenvalue weighted by Crippen LogP contribution is -2.41. The zero-order valence-electron chi connectivity index (χ0n) is 19.5. The van der Waals surface area contributed by atoms with Gasteiger partial charge in [0.2, 0.25) is 0 Å². The molecule has 1 aliphatic heterocycles. The number of carbonyl (C=O) groups excluding carboxylic acids is 1. The Morgan fingerprint density at radius 1 is 1.20 bits per heavy atom. The fourth-order valence-electron chi connectivity index (χ4n) is 3.39. The predicted molar refractivity (Wildman–Crippen MR) is 119 cm³/mol. The Morgan fingerprint density at radius 2 is 1.83 bits per heavy atom. The van der Waals surface area contributed by atoms with Gasteiger partial charge in [0.05, 0.1) is 28.6 Å². The van der Waals surface area contributed by atoms with E-state index in [1.807, 2.05) is 45.3 Å². The van der Waals surface area contributed by atoms with Gasteiger partial charge >= 0.3 is 13.2 Å². The molecular formula is C22H34BN3O4. The Kier molecular flexibility index (Phi) is 5.95. The first-order chi connectivity index (χ1) is 13.8. The Labute approximate surface area is 179 Å². The third-order valence-electron chi connectivity index (χ3n) is 5.77. The number of ether oxygens (including phenoxy) is 1. The highest BCUT2D eigenvalue weighted by Crippen LogP contribution is 2.37. The fraction of sp³-hybridized carbons (Fsp3) is 0.636.